The number of aromatic carboxylic acids is 1. The Morgan fingerprint density at radius 1 is 0.700 bits per heavy atom. The maximum absolute atomic E-state index is 11.5. The van der Waals surface area contributed by atoms with Gasteiger partial charge in [-0.1, -0.05) is 66.7 Å². The Morgan fingerprint density at radius 3 is 1.80 bits per heavy atom. The molecule has 0 saturated carbocycles. The van der Waals surface area contributed by atoms with Crippen LogP contribution in [0.5, 0.6) is 0 Å². The van der Waals surface area contributed by atoms with E-state index in [1.54, 1.807) is 12.1 Å². The second kappa shape index (κ2) is 9.38. The van der Waals surface area contributed by atoms with Crippen LogP contribution in [0.3, 0.4) is 0 Å². The third-order valence-electron chi connectivity index (χ3n) is 5.35. The average molecular weight is 477 g/mol. The quantitative estimate of drug-likeness (QED) is 0.447. The van der Waals surface area contributed by atoms with Crippen LogP contribution in [-0.2, 0) is 0 Å². The molecule has 0 atom stereocenters. The number of carbonyl (C=O) groups is 1. The number of benzene rings is 4. The highest BCUT2D eigenvalue weighted by Gasteiger charge is 2.41. The minimum atomic E-state index is -1.92. The van der Waals surface area contributed by atoms with Gasteiger partial charge < -0.3 is 22.1 Å². The third kappa shape index (κ3) is 4.09. The Bertz CT molecular complexity index is 1100. The summed E-state index contributed by atoms with van der Waals surface area (Å²) >= 11 is 0. The number of hydrogen-bond donors (Lipinski definition) is 1. The lowest BCUT2D eigenvalue weighted by Crippen LogP contribution is -3.00. The van der Waals surface area contributed by atoms with Crippen molar-refractivity contribution >= 4 is 29.1 Å². The van der Waals surface area contributed by atoms with Crippen molar-refractivity contribution in [2.75, 3.05) is 6.66 Å². The Morgan fingerprint density at radius 2 is 1.23 bits per heavy atom. The summed E-state index contributed by atoms with van der Waals surface area (Å²) in [5, 5.41) is 13.3. The van der Waals surface area contributed by atoms with Crippen LogP contribution in [0.4, 0.5) is 0 Å². The molecule has 0 heterocycles. The zero-order valence-electron chi connectivity index (χ0n) is 16.6. The first-order valence-electron chi connectivity index (χ1n) is 9.52. The summed E-state index contributed by atoms with van der Waals surface area (Å²) in [5.41, 5.74) is 2.31. The van der Waals surface area contributed by atoms with Crippen molar-refractivity contribution < 1.29 is 26.9 Å². The summed E-state index contributed by atoms with van der Waals surface area (Å²) in [5.74, 6) is -0.909. The van der Waals surface area contributed by atoms with E-state index >= 15 is 0 Å². The smallest absolute Gasteiger partial charge is 0.335 e. The highest BCUT2D eigenvalue weighted by Crippen LogP contribution is 2.53. The van der Waals surface area contributed by atoms with Crippen molar-refractivity contribution in [3.05, 3.63) is 115 Å². The summed E-state index contributed by atoms with van der Waals surface area (Å²) in [4.78, 5) is 11.5. The molecule has 4 rings (SSSR count). The van der Waals surface area contributed by atoms with Crippen LogP contribution in [0.25, 0.3) is 11.1 Å². The molecule has 1 N–H and O–H groups in total. The van der Waals surface area contributed by atoms with Gasteiger partial charge in [-0.3, -0.25) is 0 Å². The van der Waals surface area contributed by atoms with Crippen molar-refractivity contribution in [3.8, 4) is 11.1 Å². The minimum absolute atomic E-state index is 0. The largest absolute Gasteiger partial charge is 1.00 e. The molecule has 0 radical (unpaired) electrons. The van der Waals surface area contributed by atoms with Crippen LogP contribution in [-0.4, -0.2) is 17.7 Å². The van der Waals surface area contributed by atoms with Gasteiger partial charge in [-0.15, -0.1) is 0 Å². The summed E-state index contributed by atoms with van der Waals surface area (Å²) in [7, 11) is -1.92. The molecule has 0 amide bonds. The highest BCUT2D eigenvalue weighted by molar-refractivity contribution is 7.95. The Hall–Kier alpha value is -2.74. The molecule has 4 heteroatoms. The van der Waals surface area contributed by atoms with Gasteiger partial charge in [0.05, 0.1) is 12.2 Å². The van der Waals surface area contributed by atoms with E-state index in [0.29, 0.717) is 5.56 Å². The van der Waals surface area contributed by atoms with Crippen LogP contribution >= 0.6 is 7.26 Å². The van der Waals surface area contributed by atoms with Crippen molar-refractivity contribution in [2.24, 2.45) is 0 Å². The molecule has 0 aromatic heterocycles. The molecule has 4 aromatic rings. The van der Waals surface area contributed by atoms with Gasteiger partial charge in [0.25, 0.3) is 0 Å². The van der Waals surface area contributed by atoms with E-state index in [1.807, 2.05) is 30.3 Å². The van der Waals surface area contributed by atoms with Gasteiger partial charge in [0.15, 0.2) is 0 Å². The molecule has 0 saturated heterocycles. The fraction of sp³-hybridized carbons (Fsp3) is 0.0385. The van der Waals surface area contributed by atoms with Gasteiger partial charge in [-0.25, -0.2) is 4.79 Å². The van der Waals surface area contributed by atoms with Gasteiger partial charge in [0.2, 0.25) is 0 Å². The molecule has 4 aromatic carbocycles. The number of hydrogen-bond acceptors (Lipinski definition) is 1. The van der Waals surface area contributed by atoms with Crippen LogP contribution < -0.4 is 32.9 Å². The van der Waals surface area contributed by atoms with Crippen LogP contribution in [0, 0.1) is 0 Å². The van der Waals surface area contributed by atoms with Gasteiger partial charge in [0.1, 0.15) is 23.2 Å². The maximum Gasteiger partial charge on any atom is 0.335 e. The fourth-order valence-corrected chi connectivity index (χ4v) is 7.27. The summed E-state index contributed by atoms with van der Waals surface area (Å²) in [6.07, 6.45) is 0. The molecule has 0 fully saturated rings. The second-order valence-corrected chi connectivity index (χ2v) is 10.6. The third-order valence-corrected chi connectivity index (χ3v) is 9.37. The predicted molar refractivity (Wildman–Crippen MR) is 123 cm³/mol. The molecule has 0 unspecified atom stereocenters. The lowest BCUT2D eigenvalue weighted by molar-refractivity contribution is -0.0000211. The number of carboxylic acids is 1. The van der Waals surface area contributed by atoms with E-state index in [4.69, 9.17) is 0 Å². The lowest BCUT2D eigenvalue weighted by atomic mass is 10.0. The van der Waals surface area contributed by atoms with E-state index < -0.39 is 13.2 Å². The fourth-order valence-electron chi connectivity index (χ4n) is 3.81. The predicted octanol–water partition coefficient (Wildman–Crippen LogP) is 1.98. The zero-order valence-corrected chi connectivity index (χ0v) is 19.1. The first-order chi connectivity index (χ1) is 14.1. The maximum atomic E-state index is 11.5. The minimum Gasteiger partial charge on any atom is -1.00 e. The van der Waals surface area contributed by atoms with Crippen LogP contribution in [0.2, 0.25) is 0 Å². The molecule has 0 aliphatic carbocycles. The first kappa shape index (κ1) is 22.0. The number of halogens is 1. The topological polar surface area (TPSA) is 37.3 Å². The summed E-state index contributed by atoms with van der Waals surface area (Å²) < 4.78 is 0. The van der Waals surface area contributed by atoms with Gasteiger partial charge in [-0.05, 0) is 48.0 Å². The van der Waals surface area contributed by atoms with Crippen molar-refractivity contribution in [1.82, 2.24) is 0 Å². The second-order valence-electron chi connectivity index (χ2n) is 7.08. The number of rotatable bonds is 5. The van der Waals surface area contributed by atoms with Gasteiger partial charge in [-0.2, -0.15) is 0 Å². The zero-order chi connectivity index (χ0) is 20.3. The van der Waals surface area contributed by atoms with E-state index in [1.165, 1.54) is 15.9 Å². The van der Waals surface area contributed by atoms with Crippen molar-refractivity contribution in [2.45, 2.75) is 0 Å². The Balaban J connectivity index is 0.00000256. The van der Waals surface area contributed by atoms with Gasteiger partial charge in [0, 0.05) is 5.56 Å². The molecule has 2 nitrogen and oxygen atoms in total. The lowest BCUT2D eigenvalue weighted by Gasteiger charge is -2.25. The van der Waals surface area contributed by atoms with Crippen molar-refractivity contribution in [1.29, 1.82) is 0 Å². The first-order valence-corrected chi connectivity index (χ1v) is 11.8. The molecular formula is C26H22BrO2P. The summed E-state index contributed by atoms with van der Waals surface area (Å²) in [6.45, 7) is 2.34. The average Bonchev–Trinajstić information content (AvgIpc) is 2.80. The molecule has 150 valence electrons. The molecule has 0 aliphatic rings. The Kier molecular flexibility index (Phi) is 6.87. The van der Waals surface area contributed by atoms with E-state index in [9.17, 15) is 9.90 Å². The van der Waals surface area contributed by atoms with Crippen LogP contribution in [0.1, 0.15) is 10.4 Å². The SMILES string of the molecule is C[P+](c1ccccc1)(c1ccccc1)c1ccccc1-c1cccc(C(=O)O)c1.[Br-]. The normalized spacial score (nSPS) is 10.8. The van der Waals surface area contributed by atoms with E-state index in [-0.39, 0.29) is 17.0 Å². The number of carboxylic acid groups (broad SMARTS) is 1. The van der Waals surface area contributed by atoms with E-state index in [0.717, 1.165) is 11.1 Å². The highest BCUT2D eigenvalue weighted by atomic mass is 79.9. The summed E-state index contributed by atoms with van der Waals surface area (Å²) in [6, 6.07) is 36.8. The van der Waals surface area contributed by atoms with Crippen LogP contribution in [0.15, 0.2) is 109 Å². The molecule has 0 spiro atoms. The Labute approximate surface area is 188 Å². The molecule has 0 bridgehead atoms. The molecule has 0 aliphatic heterocycles. The van der Waals surface area contributed by atoms with Gasteiger partial charge >= 0.3 is 5.97 Å². The molecular weight excluding hydrogens is 455 g/mol. The monoisotopic (exact) mass is 476 g/mol. The molecule has 30 heavy (non-hydrogen) atoms. The van der Waals surface area contributed by atoms with E-state index in [2.05, 4.69) is 73.4 Å². The standard InChI is InChI=1S/C26H21O2P.BrH/c1-29(22-13-4-2-5-14-22,23-15-6-3-7-16-23)25-18-9-8-17-24(25)20-11-10-12-21(19-20)26(27)28;/h2-19H,1H3;1H. The van der Waals surface area contributed by atoms with Crippen molar-refractivity contribution in [3.63, 3.8) is 0 Å².